The number of aromatic hydroxyl groups is 1. The molecule has 23 heavy (non-hydrogen) atoms. The molecule has 0 unspecified atom stereocenters. The molecule has 122 valence electrons. The van der Waals surface area contributed by atoms with Gasteiger partial charge in [0.1, 0.15) is 23.3 Å². The van der Waals surface area contributed by atoms with E-state index in [1.165, 1.54) is 0 Å². The monoisotopic (exact) mass is 651 g/mol. The van der Waals surface area contributed by atoms with Crippen molar-refractivity contribution in [1.82, 2.24) is 0 Å². The predicted molar refractivity (Wildman–Crippen MR) is 112 cm³/mol. The largest absolute Gasteiger partial charge is 0.508 e. The number of aliphatic carboxylic acids is 1. The van der Waals surface area contributed by atoms with Gasteiger partial charge in [0.2, 0.25) is 0 Å². The summed E-state index contributed by atoms with van der Waals surface area (Å²) in [5, 5.41) is 18.4. The molecule has 0 aliphatic heterocycles. The minimum Gasteiger partial charge on any atom is -0.508 e. The molecule has 5 nitrogen and oxygen atoms in total. The quantitative estimate of drug-likeness (QED) is 0.332. The second-order valence-electron chi connectivity index (χ2n) is 4.64. The molecule has 0 saturated carbocycles. The van der Waals surface area contributed by atoms with E-state index < -0.39 is 12.0 Å². The predicted octanol–water partition coefficient (Wildman–Crippen LogP) is 4.28. The van der Waals surface area contributed by atoms with Crippen molar-refractivity contribution < 1.29 is 19.7 Å². The maximum atomic E-state index is 11.1. The van der Waals surface area contributed by atoms with Crippen molar-refractivity contribution in [3.05, 3.63) is 49.1 Å². The van der Waals surface area contributed by atoms with Crippen LogP contribution in [0.2, 0.25) is 0 Å². The number of phenols is 1. The van der Waals surface area contributed by atoms with Crippen molar-refractivity contribution in [3.8, 4) is 17.2 Å². The summed E-state index contributed by atoms with van der Waals surface area (Å²) in [4.78, 5) is 11.1. The van der Waals surface area contributed by atoms with Gasteiger partial charge in [0.25, 0.3) is 0 Å². The Morgan fingerprint density at radius 1 is 1.09 bits per heavy atom. The molecule has 2 aromatic rings. The highest BCUT2D eigenvalue weighted by Gasteiger charge is 2.26. The van der Waals surface area contributed by atoms with Gasteiger partial charge < -0.3 is 20.7 Å². The van der Waals surface area contributed by atoms with Crippen molar-refractivity contribution in [1.29, 1.82) is 0 Å². The molecule has 2 aromatic carbocycles. The van der Waals surface area contributed by atoms with Gasteiger partial charge in [-0.3, -0.25) is 4.79 Å². The SMILES string of the molecule is N[C@@H](C(=O)O)[C@@H](I)c1ccc(Oc2ccc(O)cc2)c(I)c1I. The fourth-order valence-electron chi connectivity index (χ4n) is 1.80. The standard InChI is InChI=1S/C15H12I3NO4/c16-11-9(12(17)14(19)15(21)22)5-6-10(13(11)18)23-8-3-1-7(20)2-4-8/h1-6,12,14,20H,19H2,(H,21,22)/t12-,14+/m0/s1. The summed E-state index contributed by atoms with van der Waals surface area (Å²) in [5.41, 5.74) is 6.58. The first-order valence-electron chi connectivity index (χ1n) is 6.38. The molecule has 2 atom stereocenters. The van der Waals surface area contributed by atoms with Gasteiger partial charge in [-0.25, -0.2) is 0 Å². The average molecular weight is 651 g/mol. The van der Waals surface area contributed by atoms with Gasteiger partial charge in [0, 0.05) is 3.57 Å². The summed E-state index contributed by atoms with van der Waals surface area (Å²) in [6, 6.07) is 9.11. The van der Waals surface area contributed by atoms with E-state index in [4.69, 9.17) is 15.6 Å². The number of alkyl halides is 1. The number of carboxylic acids is 1. The van der Waals surface area contributed by atoms with E-state index in [1.54, 1.807) is 30.3 Å². The Morgan fingerprint density at radius 3 is 2.26 bits per heavy atom. The molecule has 0 spiro atoms. The highest BCUT2D eigenvalue weighted by atomic mass is 127. The van der Waals surface area contributed by atoms with E-state index in [0.29, 0.717) is 11.5 Å². The smallest absolute Gasteiger partial charge is 0.321 e. The maximum Gasteiger partial charge on any atom is 0.321 e. The van der Waals surface area contributed by atoms with Gasteiger partial charge in [-0.15, -0.1) is 0 Å². The Hall–Kier alpha value is -0.340. The van der Waals surface area contributed by atoms with Crippen molar-refractivity contribution in [2.75, 3.05) is 0 Å². The third-order valence-corrected chi connectivity index (χ3v) is 7.75. The van der Waals surface area contributed by atoms with Crippen LogP contribution in [0.4, 0.5) is 0 Å². The molecule has 0 saturated heterocycles. The molecule has 0 aliphatic rings. The van der Waals surface area contributed by atoms with Gasteiger partial charge in [-0.05, 0) is 81.1 Å². The normalized spacial score (nSPS) is 13.4. The lowest BCUT2D eigenvalue weighted by atomic mass is 10.1. The first-order valence-corrected chi connectivity index (χ1v) is 9.78. The van der Waals surface area contributed by atoms with Gasteiger partial charge in [-0.2, -0.15) is 0 Å². The van der Waals surface area contributed by atoms with E-state index in [1.807, 2.05) is 28.7 Å². The van der Waals surface area contributed by atoms with Gasteiger partial charge in [0.05, 0.1) is 7.49 Å². The van der Waals surface area contributed by atoms with E-state index in [0.717, 1.165) is 12.7 Å². The van der Waals surface area contributed by atoms with Crippen molar-refractivity contribution in [2.24, 2.45) is 5.73 Å². The Bertz CT molecular complexity index is 721. The lowest BCUT2D eigenvalue weighted by Gasteiger charge is -2.18. The molecule has 2 rings (SSSR count). The van der Waals surface area contributed by atoms with Crippen LogP contribution in [0.3, 0.4) is 0 Å². The van der Waals surface area contributed by atoms with Crippen LogP contribution in [0.5, 0.6) is 17.2 Å². The summed E-state index contributed by atoms with van der Waals surface area (Å²) < 4.78 is 7.27. The Labute approximate surface area is 174 Å². The molecule has 0 amide bonds. The van der Waals surface area contributed by atoms with Crippen LogP contribution < -0.4 is 10.5 Å². The molecule has 0 aromatic heterocycles. The molecule has 0 radical (unpaired) electrons. The van der Waals surface area contributed by atoms with Crippen LogP contribution in [-0.4, -0.2) is 22.2 Å². The Kier molecular flexibility index (Phi) is 6.74. The number of rotatable bonds is 5. The summed E-state index contributed by atoms with van der Waals surface area (Å²) in [7, 11) is 0. The number of carboxylic acid groups (broad SMARTS) is 1. The van der Waals surface area contributed by atoms with Gasteiger partial charge in [-0.1, -0.05) is 28.7 Å². The number of phenolic OH excluding ortho intramolecular Hbond substituents is 1. The number of nitrogens with two attached hydrogens (primary N) is 1. The highest BCUT2D eigenvalue weighted by molar-refractivity contribution is 14.1. The maximum absolute atomic E-state index is 11.1. The third-order valence-electron chi connectivity index (χ3n) is 3.04. The zero-order valence-electron chi connectivity index (χ0n) is 11.5. The van der Waals surface area contributed by atoms with Crippen LogP contribution in [0.1, 0.15) is 9.49 Å². The summed E-state index contributed by atoms with van der Waals surface area (Å²) in [5.74, 6) is 0.418. The Balaban J connectivity index is 2.30. The van der Waals surface area contributed by atoms with Crippen molar-refractivity contribution >= 4 is 73.7 Å². The topological polar surface area (TPSA) is 92.8 Å². The zero-order valence-corrected chi connectivity index (χ0v) is 18.0. The van der Waals surface area contributed by atoms with Gasteiger partial charge >= 0.3 is 5.97 Å². The first kappa shape index (κ1) is 19.0. The van der Waals surface area contributed by atoms with Crippen LogP contribution in [0.15, 0.2) is 36.4 Å². The zero-order chi connectivity index (χ0) is 17.1. The molecular weight excluding hydrogens is 639 g/mol. The number of benzene rings is 2. The molecule has 4 N–H and O–H groups in total. The third kappa shape index (κ3) is 4.60. The lowest BCUT2D eigenvalue weighted by molar-refractivity contribution is -0.138. The first-order chi connectivity index (χ1) is 10.8. The fraction of sp³-hybridized carbons (Fsp3) is 0.133. The number of ether oxygens (including phenoxy) is 1. The number of hydrogen-bond donors (Lipinski definition) is 3. The van der Waals surface area contributed by atoms with Crippen molar-refractivity contribution in [2.45, 2.75) is 9.97 Å². The molecular formula is C15H12I3NO4. The molecule has 0 aliphatic carbocycles. The van der Waals surface area contributed by atoms with Gasteiger partial charge in [0.15, 0.2) is 0 Å². The average Bonchev–Trinajstić information content (AvgIpc) is 2.52. The molecule has 0 heterocycles. The molecule has 8 heteroatoms. The van der Waals surface area contributed by atoms with Crippen LogP contribution in [0.25, 0.3) is 0 Å². The molecule has 0 bridgehead atoms. The minimum absolute atomic E-state index is 0.174. The summed E-state index contributed by atoms with van der Waals surface area (Å²) in [6.45, 7) is 0. The minimum atomic E-state index is -1.03. The van der Waals surface area contributed by atoms with Crippen LogP contribution in [0, 0.1) is 7.14 Å². The molecule has 0 fully saturated rings. The number of carbonyl (C=O) groups is 1. The second kappa shape index (κ2) is 8.16. The van der Waals surface area contributed by atoms with Crippen LogP contribution in [-0.2, 0) is 4.79 Å². The highest BCUT2D eigenvalue weighted by Crippen LogP contribution is 2.38. The lowest BCUT2D eigenvalue weighted by Crippen LogP contribution is -2.34. The van der Waals surface area contributed by atoms with E-state index >= 15 is 0 Å². The van der Waals surface area contributed by atoms with Crippen molar-refractivity contribution in [3.63, 3.8) is 0 Å². The Morgan fingerprint density at radius 2 is 1.70 bits per heavy atom. The summed E-state index contributed by atoms with van der Waals surface area (Å²) >= 11 is 6.38. The number of halogens is 3. The fourth-order valence-corrected chi connectivity index (χ4v) is 4.60. The van der Waals surface area contributed by atoms with E-state index in [-0.39, 0.29) is 9.67 Å². The second-order valence-corrected chi connectivity index (χ2v) is 8.14. The van der Waals surface area contributed by atoms with Crippen LogP contribution >= 0.6 is 67.8 Å². The van der Waals surface area contributed by atoms with E-state index in [9.17, 15) is 9.90 Å². The number of hydrogen-bond acceptors (Lipinski definition) is 4. The van der Waals surface area contributed by atoms with E-state index in [2.05, 4.69) is 45.2 Å². The summed E-state index contributed by atoms with van der Waals surface area (Å²) in [6.07, 6.45) is 0.